The summed E-state index contributed by atoms with van der Waals surface area (Å²) in [6.45, 7) is 6.47. The lowest BCUT2D eigenvalue weighted by atomic mass is 9.86. The van der Waals surface area contributed by atoms with Crippen molar-refractivity contribution in [2.75, 3.05) is 0 Å². The predicted molar refractivity (Wildman–Crippen MR) is 90.3 cm³/mol. The van der Waals surface area contributed by atoms with E-state index in [-0.39, 0.29) is 5.60 Å². The minimum Gasteiger partial charge on any atom is -0.486 e. The van der Waals surface area contributed by atoms with Crippen molar-refractivity contribution in [2.24, 2.45) is 5.92 Å². The standard InChI is InChI=1S/C20H23NO2/c1-13-9-18-19(23-20(13,2)3)11-17(12-21-18)22-16-6-4-5-15(10-16)14-7-8-14/h4-6,10-14H,7-9H2,1-3H3. The molecule has 0 N–H and O–H groups in total. The first-order valence-corrected chi connectivity index (χ1v) is 8.47. The van der Waals surface area contributed by atoms with Crippen LogP contribution in [-0.4, -0.2) is 10.6 Å². The molecule has 1 saturated carbocycles. The molecule has 1 unspecified atom stereocenters. The topological polar surface area (TPSA) is 31.4 Å². The van der Waals surface area contributed by atoms with E-state index in [1.165, 1.54) is 18.4 Å². The number of hydrogen-bond donors (Lipinski definition) is 0. The largest absolute Gasteiger partial charge is 0.486 e. The van der Waals surface area contributed by atoms with Gasteiger partial charge in [0.05, 0.1) is 11.9 Å². The third-order valence-electron chi connectivity index (χ3n) is 5.11. The molecule has 1 atom stereocenters. The van der Waals surface area contributed by atoms with E-state index < -0.39 is 0 Å². The van der Waals surface area contributed by atoms with E-state index in [1.54, 1.807) is 6.20 Å². The molecule has 0 bridgehead atoms. The van der Waals surface area contributed by atoms with E-state index in [9.17, 15) is 0 Å². The minimum atomic E-state index is -0.167. The van der Waals surface area contributed by atoms with Gasteiger partial charge < -0.3 is 9.47 Å². The van der Waals surface area contributed by atoms with Crippen LogP contribution in [0.3, 0.4) is 0 Å². The van der Waals surface area contributed by atoms with Crippen LogP contribution in [0.2, 0.25) is 0 Å². The van der Waals surface area contributed by atoms with E-state index in [0.717, 1.165) is 35.3 Å². The van der Waals surface area contributed by atoms with Gasteiger partial charge in [-0.3, -0.25) is 4.98 Å². The number of benzene rings is 1. The van der Waals surface area contributed by atoms with Crippen LogP contribution in [-0.2, 0) is 6.42 Å². The van der Waals surface area contributed by atoms with Crippen molar-refractivity contribution in [1.82, 2.24) is 4.98 Å². The number of pyridine rings is 1. The van der Waals surface area contributed by atoms with Gasteiger partial charge in [0.1, 0.15) is 22.8 Å². The summed E-state index contributed by atoms with van der Waals surface area (Å²) in [6.07, 6.45) is 5.34. The fraction of sp³-hybridized carbons (Fsp3) is 0.450. The zero-order valence-electron chi connectivity index (χ0n) is 14.0. The van der Waals surface area contributed by atoms with E-state index >= 15 is 0 Å². The molecule has 0 spiro atoms. The second-order valence-electron chi connectivity index (χ2n) is 7.38. The van der Waals surface area contributed by atoms with Crippen molar-refractivity contribution in [2.45, 2.75) is 51.6 Å². The van der Waals surface area contributed by atoms with Gasteiger partial charge in [0, 0.05) is 12.0 Å². The average Bonchev–Trinajstić information content (AvgIpc) is 3.33. The van der Waals surface area contributed by atoms with Crippen LogP contribution < -0.4 is 9.47 Å². The summed E-state index contributed by atoms with van der Waals surface area (Å²) in [5.74, 6) is 3.64. The third-order valence-corrected chi connectivity index (χ3v) is 5.11. The highest BCUT2D eigenvalue weighted by Crippen LogP contribution is 2.42. The van der Waals surface area contributed by atoms with Crippen LogP contribution in [0.25, 0.3) is 0 Å². The van der Waals surface area contributed by atoms with Crippen LogP contribution in [0.5, 0.6) is 17.2 Å². The molecule has 1 aromatic carbocycles. The number of ether oxygens (including phenoxy) is 2. The van der Waals surface area contributed by atoms with Gasteiger partial charge in [0.25, 0.3) is 0 Å². The quantitative estimate of drug-likeness (QED) is 0.790. The van der Waals surface area contributed by atoms with E-state index in [0.29, 0.717) is 5.92 Å². The maximum absolute atomic E-state index is 6.14. The van der Waals surface area contributed by atoms with Gasteiger partial charge in [-0.2, -0.15) is 0 Å². The number of hydrogen-bond acceptors (Lipinski definition) is 3. The molecule has 120 valence electrons. The van der Waals surface area contributed by atoms with Gasteiger partial charge >= 0.3 is 0 Å². The molecule has 1 aliphatic heterocycles. The van der Waals surface area contributed by atoms with Crippen molar-refractivity contribution >= 4 is 0 Å². The molecule has 23 heavy (non-hydrogen) atoms. The number of fused-ring (bicyclic) bond motifs is 1. The minimum absolute atomic E-state index is 0.167. The summed E-state index contributed by atoms with van der Waals surface area (Å²) >= 11 is 0. The molecular weight excluding hydrogens is 286 g/mol. The molecule has 3 heteroatoms. The number of aromatic nitrogens is 1. The lowest BCUT2D eigenvalue weighted by molar-refractivity contribution is 0.0336. The Kier molecular flexibility index (Phi) is 3.33. The Morgan fingerprint density at radius 3 is 2.78 bits per heavy atom. The summed E-state index contributed by atoms with van der Waals surface area (Å²) in [7, 11) is 0. The maximum Gasteiger partial charge on any atom is 0.149 e. The molecule has 0 radical (unpaired) electrons. The maximum atomic E-state index is 6.14. The van der Waals surface area contributed by atoms with Crippen LogP contribution in [0.15, 0.2) is 36.5 Å². The number of nitrogens with zero attached hydrogens (tertiary/aromatic N) is 1. The average molecular weight is 309 g/mol. The van der Waals surface area contributed by atoms with Crippen molar-refractivity contribution in [1.29, 1.82) is 0 Å². The molecule has 3 nitrogen and oxygen atoms in total. The van der Waals surface area contributed by atoms with Crippen LogP contribution >= 0.6 is 0 Å². The molecule has 2 aliphatic rings. The lowest BCUT2D eigenvalue weighted by Gasteiger charge is -2.37. The van der Waals surface area contributed by atoms with Gasteiger partial charge in [0.15, 0.2) is 0 Å². The Bertz CT molecular complexity index is 734. The van der Waals surface area contributed by atoms with Crippen molar-refractivity contribution in [3.05, 3.63) is 47.8 Å². The Morgan fingerprint density at radius 1 is 1.17 bits per heavy atom. The van der Waals surface area contributed by atoms with Crippen LogP contribution in [0, 0.1) is 5.92 Å². The van der Waals surface area contributed by atoms with Crippen LogP contribution in [0.4, 0.5) is 0 Å². The van der Waals surface area contributed by atoms with Crippen LogP contribution in [0.1, 0.15) is 50.8 Å². The third kappa shape index (κ3) is 2.92. The molecule has 2 aromatic rings. The molecule has 0 saturated heterocycles. The monoisotopic (exact) mass is 309 g/mol. The second-order valence-corrected chi connectivity index (χ2v) is 7.38. The Balaban J connectivity index is 1.57. The van der Waals surface area contributed by atoms with Gasteiger partial charge in [0.2, 0.25) is 0 Å². The van der Waals surface area contributed by atoms with Gasteiger partial charge in [-0.05, 0) is 56.7 Å². The molecule has 1 aliphatic carbocycles. The molecule has 0 amide bonds. The molecular formula is C20H23NO2. The van der Waals surface area contributed by atoms with E-state index in [1.807, 2.05) is 12.1 Å². The Morgan fingerprint density at radius 2 is 2.00 bits per heavy atom. The predicted octanol–water partition coefficient (Wildman–Crippen LogP) is 5.10. The Hall–Kier alpha value is -2.03. The fourth-order valence-electron chi connectivity index (χ4n) is 3.06. The Labute approximate surface area is 137 Å². The van der Waals surface area contributed by atoms with Gasteiger partial charge in [-0.1, -0.05) is 19.1 Å². The highest BCUT2D eigenvalue weighted by atomic mass is 16.5. The fourth-order valence-corrected chi connectivity index (χ4v) is 3.06. The smallest absolute Gasteiger partial charge is 0.149 e. The summed E-state index contributed by atoms with van der Waals surface area (Å²) < 4.78 is 12.2. The molecule has 1 aromatic heterocycles. The SMILES string of the molecule is CC1Cc2ncc(Oc3cccc(C4CC4)c3)cc2OC1(C)C. The highest BCUT2D eigenvalue weighted by Gasteiger charge is 2.34. The first-order valence-electron chi connectivity index (χ1n) is 8.47. The summed E-state index contributed by atoms with van der Waals surface area (Å²) in [5, 5.41) is 0. The second kappa shape index (κ2) is 5.26. The molecule has 2 heterocycles. The molecule has 1 fully saturated rings. The zero-order valence-corrected chi connectivity index (χ0v) is 14.0. The van der Waals surface area contributed by atoms with Crippen molar-refractivity contribution < 1.29 is 9.47 Å². The lowest BCUT2D eigenvalue weighted by Crippen LogP contribution is -2.40. The van der Waals surface area contributed by atoms with Crippen molar-refractivity contribution in [3.8, 4) is 17.2 Å². The summed E-state index contributed by atoms with van der Waals surface area (Å²) in [4.78, 5) is 4.55. The number of rotatable bonds is 3. The normalized spacial score (nSPS) is 22.1. The van der Waals surface area contributed by atoms with E-state index in [2.05, 4.69) is 44.0 Å². The van der Waals surface area contributed by atoms with Crippen molar-refractivity contribution in [3.63, 3.8) is 0 Å². The summed E-state index contributed by atoms with van der Waals surface area (Å²) in [5.41, 5.74) is 2.23. The first-order chi connectivity index (χ1) is 11.0. The van der Waals surface area contributed by atoms with E-state index in [4.69, 9.17) is 9.47 Å². The first kappa shape index (κ1) is 14.6. The van der Waals surface area contributed by atoms with Gasteiger partial charge in [-0.25, -0.2) is 0 Å². The van der Waals surface area contributed by atoms with Gasteiger partial charge in [-0.15, -0.1) is 0 Å². The highest BCUT2D eigenvalue weighted by molar-refractivity contribution is 5.41. The zero-order chi connectivity index (χ0) is 16.0. The molecule has 4 rings (SSSR count). The summed E-state index contributed by atoms with van der Waals surface area (Å²) in [6, 6.07) is 10.4.